The highest BCUT2D eigenvalue weighted by molar-refractivity contribution is 6.12. The number of hydrogen-bond acceptors (Lipinski definition) is 7. The third-order valence-electron chi connectivity index (χ3n) is 8.21. The van der Waals surface area contributed by atoms with Crippen molar-refractivity contribution in [2.45, 2.75) is 50.0 Å². The first-order chi connectivity index (χ1) is 21.8. The Labute approximate surface area is 261 Å². The van der Waals surface area contributed by atoms with Gasteiger partial charge in [-0.3, -0.25) is 15.0 Å². The molecule has 4 aromatic rings. The van der Waals surface area contributed by atoms with Gasteiger partial charge in [-0.2, -0.15) is 13.2 Å². The van der Waals surface area contributed by atoms with Crippen LogP contribution in [0.25, 0.3) is 11.0 Å². The van der Waals surface area contributed by atoms with Gasteiger partial charge in [-0.15, -0.1) is 0 Å². The number of hydrogen-bond donors (Lipinski definition) is 4. The number of carbonyl (C=O) groups is 3. The molecule has 1 saturated carbocycles. The molecule has 1 aromatic heterocycles. The summed E-state index contributed by atoms with van der Waals surface area (Å²) in [6, 6.07) is 20.7. The van der Waals surface area contributed by atoms with Crippen molar-refractivity contribution in [1.29, 1.82) is 0 Å². The molecular formula is C32H32F3N5O6. The molecule has 2 amide bonds. The molecule has 1 fully saturated rings. The molecule has 1 unspecified atom stereocenters. The lowest BCUT2D eigenvalue weighted by Crippen LogP contribution is -2.45. The molecule has 1 aliphatic heterocycles. The highest BCUT2D eigenvalue weighted by Crippen LogP contribution is 2.46. The second-order valence-corrected chi connectivity index (χ2v) is 11.0. The molecule has 4 N–H and O–H groups in total. The van der Waals surface area contributed by atoms with E-state index in [9.17, 15) is 27.9 Å². The molecule has 0 radical (unpaired) electrons. The Bertz CT molecular complexity index is 1770. The third kappa shape index (κ3) is 6.20. The van der Waals surface area contributed by atoms with Crippen LogP contribution in [0.2, 0.25) is 0 Å². The zero-order chi connectivity index (χ0) is 33.2. The van der Waals surface area contributed by atoms with Crippen molar-refractivity contribution in [3.63, 3.8) is 0 Å². The van der Waals surface area contributed by atoms with Crippen LogP contribution in [0.15, 0.2) is 66.7 Å². The molecule has 1 atom stereocenters. The fourth-order valence-electron chi connectivity index (χ4n) is 5.91. The van der Waals surface area contributed by atoms with Gasteiger partial charge in [0.1, 0.15) is 0 Å². The fourth-order valence-corrected chi connectivity index (χ4v) is 5.91. The van der Waals surface area contributed by atoms with Crippen LogP contribution in [-0.2, 0) is 15.3 Å². The van der Waals surface area contributed by atoms with Gasteiger partial charge in [0.2, 0.25) is 5.95 Å². The lowest BCUT2D eigenvalue weighted by atomic mass is 9.93. The summed E-state index contributed by atoms with van der Waals surface area (Å²) in [5.41, 5.74) is 2.49. The molecule has 3 aromatic carbocycles. The Kier molecular flexibility index (Phi) is 8.92. The maximum absolute atomic E-state index is 13.9. The number of carboxylic acids is 1. The van der Waals surface area contributed by atoms with E-state index in [4.69, 9.17) is 9.90 Å². The van der Waals surface area contributed by atoms with Crippen molar-refractivity contribution < 1.29 is 42.5 Å². The Hall–Kier alpha value is -5.11. The summed E-state index contributed by atoms with van der Waals surface area (Å²) in [6.07, 6.45) is 0.292. The van der Waals surface area contributed by atoms with Crippen LogP contribution in [0.1, 0.15) is 53.6 Å². The molecule has 14 heteroatoms. The lowest BCUT2D eigenvalue weighted by molar-refractivity contribution is -0.192. The molecule has 0 spiro atoms. The van der Waals surface area contributed by atoms with Crippen molar-refractivity contribution in [2.24, 2.45) is 0 Å². The number of aliphatic hydroxyl groups is 1. The first-order valence-corrected chi connectivity index (χ1v) is 14.5. The van der Waals surface area contributed by atoms with E-state index in [-0.39, 0.29) is 11.9 Å². The summed E-state index contributed by atoms with van der Waals surface area (Å²) in [6.45, 7) is 0. The van der Waals surface area contributed by atoms with Crippen molar-refractivity contribution in [3.8, 4) is 0 Å². The monoisotopic (exact) mass is 639 g/mol. The number of rotatable bonds is 5. The molecule has 6 rings (SSSR count). The second-order valence-electron chi connectivity index (χ2n) is 11.0. The van der Waals surface area contributed by atoms with Gasteiger partial charge in [-0.05, 0) is 49.2 Å². The van der Waals surface area contributed by atoms with E-state index in [1.807, 2.05) is 24.3 Å². The van der Waals surface area contributed by atoms with Crippen molar-refractivity contribution in [3.05, 3.63) is 83.4 Å². The SMILES string of the molecule is COC(=O)Nc1nc2ccc(C3(O)c4ccccc4C(=O)N3c3cccc(N(C)C4CCCCC4)c3)cc2[nH]1.O=C(O)C(F)(F)F. The summed E-state index contributed by atoms with van der Waals surface area (Å²) >= 11 is 0. The largest absolute Gasteiger partial charge is 0.490 e. The van der Waals surface area contributed by atoms with Crippen LogP contribution >= 0.6 is 0 Å². The Morgan fingerprint density at radius 2 is 1.76 bits per heavy atom. The van der Waals surface area contributed by atoms with E-state index in [0.29, 0.717) is 39.5 Å². The summed E-state index contributed by atoms with van der Waals surface area (Å²) in [7, 11) is 3.38. The number of nitrogens with zero attached hydrogens (tertiary/aromatic N) is 3. The second kappa shape index (κ2) is 12.7. The van der Waals surface area contributed by atoms with E-state index in [0.717, 1.165) is 18.5 Å². The van der Waals surface area contributed by atoms with E-state index < -0.39 is 24.0 Å². The highest BCUT2D eigenvalue weighted by atomic mass is 19.4. The van der Waals surface area contributed by atoms with Gasteiger partial charge in [0, 0.05) is 41.2 Å². The standard InChI is InChI=1S/C30H31N5O4.C2HF3O2/c1-34(20-9-4-3-5-10-20)21-11-8-12-22(18-21)35-27(36)23-13-6-7-14-24(23)30(35,38)19-15-16-25-26(17-19)32-28(31-25)33-29(37)39-2;3-2(4,5)1(6)7/h6-8,11-18,20,38H,3-5,9-10H2,1-2H3,(H2,31,32,33,37);(H,6,7). The van der Waals surface area contributed by atoms with Crippen LogP contribution in [-0.4, -0.2) is 64.5 Å². The number of aromatic nitrogens is 2. The molecule has 46 heavy (non-hydrogen) atoms. The summed E-state index contributed by atoms with van der Waals surface area (Å²) in [5.74, 6) is -2.81. The first kappa shape index (κ1) is 32.3. The number of carboxylic acid groups (broad SMARTS) is 1. The van der Waals surface area contributed by atoms with Crippen LogP contribution in [0.5, 0.6) is 0 Å². The number of fused-ring (bicyclic) bond motifs is 2. The minimum absolute atomic E-state index is 0.221. The number of methoxy groups -OCH3 is 1. The quantitative estimate of drug-likeness (QED) is 0.208. The first-order valence-electron chi connectivity index (χ1n) is 14.5. The predicted molar refractivity (Wildman–Crippen MR) is 164 cm³/mol. The number of anilines is 3. The zero-order valence-corrected chi connectivity index (χ0v) is 25.0. The van der Waals surface area contributed by atoms with Crippen LogP contribution in [0.3, 0.4) is 0 Å². The Balaban J connectivity index is 0.000000537. The summed E-state index contributed by atoms with van der Waals surface area (Å²) in [5, 5.41) is 22.1. The number of benzene rings is 3. The zero-order valence-electron chi connectivity index (χ0n) is 25.0. The van der Waals surface area contributed by atoms with Crippen molar-refractivity contribution in [1.82, 2.24) is 9.97 Å². The normalized spacial score (nSPS) is 18.0. The van der Waals surface area contributed by atoms with Gasteiger partial charge in [0.15, 0.2) is 5.72 Å². The van der Waals surface area contributed by atoms with Gasteiger partial charge in [0.25, 0.3) is 5.91 Å². The number of imidazole rings is 1. The molecule has 11 nitrogen and oxygen atoms in total. The Morgan fingerprint density at radius 1 is 1.07 bits per heavy atom. The highest BCUT2D eigenvalue weighted by Gasteiger charge is 2.51. The maximum Gasteiger partial charge on any atom is 0.490 e. The van der Waals surface area contributed by atoms with Gasteiger partial charge >= 0.3 is 18.2 Å². The average molecular weight is 640 g/mol. The number of aromatic amines is 1. The molecule has 0 bridgehead atoms. The van der Waals surface area contributed by atoms with Gasteiger partial charge < -0.3 is 24.8 Å². The van der Waals surface area contributed by atoms with E-state index in [2.05, 4.69) is 38.0 Å². The average Bonchev–Trinajstić information content (AvgIpc) is 3.56. The fraction of sp³-hybridized carbons (Fsp3) is 0.312. The van der Waals surface area contributed by atoms with Gasteiger partial charge in [0.05, 0.1) is 18.1 Å². The molecular weight excluding hydrogens is 607 g/mol. The minimum atomic E-state index is -5.08. The minimum Gasteiger partial charge on any atom is -0.475 e. The number of amides is 2. The molecule has 2 aliphatic rings. The molecule has 0 saturated heterocycles. The molecule has 2 heterocycles. The number of ether oxygens (including phenoxy) is 1. The van der Waals surface area contributed by atoms with Crippen LogP contribution in [0.4, 0.5) is 35.3 Å². The molecule has 1 aliphatic carbocycles. The van der Waals surface area contributed by atoms with Crippen LogP contribution in [0, 0.1) is 0 Å². The topological polar surface area (TPSA) is 148 Å². The summed E-state index contributed by atoms with van der Waals surface area (Å²) in [4.78, 5) is 45.6. The molecule has 242 valence electrons. The maximum atomic E-state index is 13.9. The van der Waals surface area contributed by atoms with Gasteiger partial charge in [-0.1, -0.05) is 49.6 Å². The van der Waals surface area contributed by atoms with E-state index in [1.165, 1.54) is 31.3 Å². The smallest absolute Gasteiger partial charge is 0.475 e. The number of nitrogens with one attached hydrogen (secondary N) is 2. The lowest BCUT2D eigenvalue weighted by Gasteiger charge is -2.36. The third-order valence-corrected chi connectivity index (χ3v) is 8.21. The Morgan fingerprint density at radius 3 is 2.43 bits per heavy atom. The van der Waals surface area contributed by atoms with E-state index >= 15 is 0 Å². The van der Waals surface area contributed by atoms with Crippen molar-refractivity contribution in [2.75, 3.05) is 29.3 Å². The number of alkyl halides is 3. The van der Waals surface area contributed by atoms with E-state index in [1.54, 1.807) is 36.4 Å². The van der Waals surface area contributed by atoms with Gasteiger partial charge in [-0.25, -0.2) is 14.6 Å². The number of aliphatic carboxylic acids is 1. The number of H-pyrrole nitrogens is 1. The predicted octanol–water partition coefficient (Wildman–Crippen LogP) is 6.00. The number of carbonyl (C=O) groups excluding carboxylic acids is 2. The summed E-state index contributed by atoms with van der Waals surface area (Å²) < 4.78 is 36.4. The van der Waals surface area contributed by atoms with Crippen LogP contribution < -0.4 is 15.1 Å². The van der Waals surface area contributed by atoms with Crippen molar-refractivity contribution >= 4 is 46.3 Å². The number of halogens is 3.